The van der Waals surface area contributed by atoms with E-state index in [-0.39, 0.29) is 19.6 Å². The van der Waals surface area contributed by atoms with E-state index in [0.29, 0.717) is 0 Å². The Kier molecular flexibility index (Phi) is 4.18. The van der Waals surface area contributed by atoms with Crippen molar-refractivity contribution >= 4 is 17.7 Å². The lowest BCUT2D eigenvalue weighted by Gasteiger charge is -2.44. The van der Waals surface area contributed by atoms with Crippen LogP contribution in [-0.2, 0) is 9.59 Å². The summed E-state index contributed by atoms with van der Waals surface area (Å²) in [6.07, 6.45) is 0. The number of halogens is 2. The molecule has 3 amide bonds. The third-order valence-electron chi connectivity index (χ3n) is 4.21. The van der Waals surface area contributed by atoms with Gasteiger partial charge in [0.1, 0.15) is 23.7 Å². The van der Waals surface area contributed by atoms with Gasteiger partial charge in [0.2, 0.25) is 11.8 Å². The van der Waals surface area contributed by atoms with Crippen LogP contribution < -0.4 is 5.32 Å². The van der Waals surface area contributed by atoms with Gasteiger partial charge in [0.15, 0.2) is 0 Å². The first-order valence-electron chi connectivity index (χ1n) is 7.38. The Morgan fingerprint density at radius 3 is 2.75 bits per heavy atom. The van der Waals surface area contributed by atoms with Crippen molar-refractivity contribution in [3.8, 4) is 0 Å². The molecule has 0 spiro atoms. The molecule has 7 nitrogen and oxygen atoms in total. The van der Waals surface area contributed by atoms with Gasteiger partial charge in [-0.3, -0.25) is 14.4 Å². The van der Waals surface area contributed by atoms with E-state index >= 15 is 0 Å². The van der Waals surface area contributed by atoms with Crippen molar-refractivity contribution in [3.05, 3.63) is 35.4 Å². The van der Waals surface area contributed by atoms with E-state index < -0.39 is 53.6 Å². The summed E-state index contributed by atoms with van der Waals surface area (Å²) in [6.45, 7) is -0.464. The van der Waals surface area contributed by atoms with Crippen LogP contribution in [0.25, 0.3) is 0 Å². The number of amides is 3. The Balaban J connectivity index is 1.80. The summed E-state index contributed by atoms with van der Waals surface area (Å²) < 4.78 is 27.0. The zero-order chi connectivity index (χ0) is 17.4. The number of aliphatic hydroxyl groups excluding tert-OH is 1. The molecule has 0 aliphatic carbocycles. The van der Waals surface area contributed by atoms with Crippen LogP contribution in [0, 0.1) is 11.6 Å². The number of aliphatic hydroxyl groups is 1. The van der Waals surface area contributed by atoms with E-state index in [2.05, 4.69) is 5.32 Å². The second-order valence-electron chi connectivity index (χ2n) is 5.67. The summed E-state index contributed by atoms with van der Waals surface area (Å²) in [6, 6.07) is 0.678. The molecule has 0 radical (unpaired) electrons. The van der Waals surface area contributed by atoms with E-state index in [1.807, 2.05) is 0 Å². The Hall–Kier alpha value is -2.55. The third-order valence-corrected chi connectivity index (χ3v) is 4.21. The summed E-state index contributed by atoms with van der Waals surface area (Å²) in [5.41, 5.74) is -0.417. The quantitative estimate of drug-likeness (QED) is 0.731. The maximum absolute atomic E-state index is 13.8. The van der Waals surface area contributed by atoms with Crippen molar-refractivity contribution in [2.75, 3.05) is 26.2 Å². The molecule has 3 rings (SSSR count). The second kappa shape index (κ2) is 6.16. The fourth-order valence-electron chi connectivity index (χ4n) is 2.94. The van der Waals surface area contributed by atoms with Gasteiger partial charge in [0.05, 0.1) is 18.7 Å². The standard InChI is InChI=1S/C15H15F2N3O4/c16-8-1-2-10(17)9(5-8)14(23)19-3-4-20-12(6-19)13(22)18-11(7-21)15(20)24/h1-2,5,11-12,21H,3-4,6-7H2,(H,18,22)/t11-,12-/m1/s1. The van der Waals surface area contributed by atoms with Crippen molar-refractivity contribution in [1.29, 1.82) is 0 Å². The molecule has 0 bridgehead atoms. The summed E-state index contributed by atoms with van der Waals surface area (Å²) in [7, 11) is 0. The lowest BCUT2D eigenvalue weighted by Crippen LogP contribution is -2.70. The topological polar surface area (TPSA) is 89.9 Å². The van der Waals surface area contributed by atoms with E-state index in [1.54, 1.807) is 0 Å². The van der Waals surface area contributed by atoms with Crippen LogP contribution in [0.3, 0.4) is 0 Å². The Bertz CT molecular complexity index is 712. The van der Waals surface area contributed by atoms with Gasteiger partial charge in [-0.05, 0) is 18.2 Å². The zero-order valence-corrected chi connectivity index (χ0v) is 12.5. The average molecular weight is 339 g/mol. The predicted octanol–water partition coefficient (Wildman–Crippen LogP) is -0.891. The van der Waals surface area contributed by atoms with Crippen molar-refractivity contribution in [2.45, 2.75) is 12.1 Å². The van der Waals surface area contributed by atoms with Crippen LogP contribution in [0.4, 0.5) is 8.78 Å². The lowest BCUT2D eigenvalue weighted by molar-refractivity contribution is -0.153. The number of carbonyl (C=O) groups is 3. The highest BCUT2D eigenvalue weighted by Gasteiger charge is 2.44. The molecular weight excluding hydrogens is 324 g/mol. The molecule has 2 saturated heterocycles. The van der Waals surface area contributed by atoms with Gasteiger partial charge in [-0.1, -0.05) is 0 Å². The Morgan fingerprint density at radius 1 is 1.29 bits per heavy atom. The minimum absolute atomic E-state index is 0.0795. The molecule has 2 N–H and O–H groups in total. The van der Waals surface area contributed by atoms with Gasteiger partial charge in [0.25, 0.3) is 5.91 Å². The lowest BCUT2D eigenvalue weighted by atomic mass is 10.0. The molecule has 0 unspecified atom stereocenters. The predicted molar refractivity (Wildman–Crippen MR) is 76.8 cm³/mol. The normalized spacial score (nSPS) is 23.8. The van der Waals surface area contributed by atoms with Gasteiger partial charge < -0.3 is 20.2 Å². The molecular formula is C15H15F2N3O4. The van der Waals surface area contributed by atoms with Crippen LogP contribution in [0.2, 0.25) is 0 Å². The maximum atomic E-state index is 13.8. The SMILES string of the molecule is O=C1N[C@H](CO)C(=O)N2CCN(C(=O)c3cc(F)ccc3F)C[C@H]12. The molecule has 2 fully saturated rings. The Labute approximate surface area is 135 Å². The van der Waals surface area contributed by atoms with Crippen LogP contribution in [-0.4, -0.2) is 71.0 Å². The van der Waals surface area contributed by atoms with Crippen LogP contribution >= 0.6 is 0 Å². The van der Waals surface area contributed by atoms with Crippen molar-refractivity contribution in [3.63, 3.8) is 0 Å². The smallest absolute Gasteiger partial charge is 0.257 e. The number of fused-ring (bicyclic) bond motifs is 1. The molecule has 2 atom stereocenters. The number of hydrogen-bond acceptors (Lipinski definition) is 4. The van der Waals surface area contributed by atoms with Crippen molar-refractivity contribution in [1.82, 2.24) is 15.1 Å². The largest absolute Gasteiger partial charge is 0.394 e. The minimum Gasteiger partial charge on any atom is -0.394 e. The van der Waals surface area contributed by atoms with E-state index in [0.717, 1.165) is 18.2 Å². The molecule has 9 heteroatoms. The molecule has 0 saturated carbocycles. The number of hydrogen-bond donors (Lipinski definition) is 2. The number of nitrogens with one attached hydrogen (secondary N) is 1. The van der Waals surface area contributed by atoms with Gasteiger partial charge in [0, 0.05) is 13.1 Å². The highest BCUT2D eigenvalue weighted by atomic mass is 19.1. The molecule has 0 aromatic heterocycles. The van der Waals surface area contributed by atoms with Crippen LogP contribution in [0.1, 0.15) is 10.4 Å². The summed E-state index contributed by atoms with van der Waals surface area (Å²) in [5, 5.41) is 11.5. The summed E-state index contributed by atoms with van der Waals surface area (Å²) in [4.78, 5) is 39.1. The number of nitrogens with zero attached hydrogens (tertiary/aromatic N) is 2. The zero-order valence-electron chi connectivity index (χ0n) is 12.5. The maximum Gasteiger partial charge on any atom is 0.257 e. The highest BCUT2D eigenvalue weighted by Crippen LogP contribution is 2.19. The van der Waals surface area contributed by atoms with E-state index in [4.69, 9.17) is 5.11 Å². The van der Waals surface area contributed by atoms with Gasteiger partial charge in [-0.15, -0.1) is 0 Å². The monoisotopic (exact) mass is 339 g/mol. The average Bonchev–Trinajstić information content (AvgIpc) is 2.59. The summed E-state index contributed by atoms with van der Waals surface area (Å²) in [5.74, 6) is -3.25. The van der Waals surface area contributed by atoms with Crippen LogP contribution in [0.5, 0.6) is 0 Å². The molecule has 1 aromatic rings. The first-order valence-corrected chi connectivity index (χ1v) is 7.38. The van der Waals surface area contributed by atoms with Crippen molar-refractivity contribution in [2.24, 2.45) is 0 Å². The number of piperazine rings is 2. The highest BCUT2D eigenvalue weighted by molar-refractivity contribution is 5.99. The molecule has 24 heavy (non-hydrogen) atoms. The van der Waals surface area contributed by atoms with Gasteiger partial charge in [-0.25, -0.2) is 8.78 Å². The van der Waals surface area contributed by atoms with E-state index in [1.165, 1.54) is 9.80 Å². The molecule has 2 aliphatic rings. The molecule has 128 valence electrons. The number of carbonyl (C=O) groups excluding carboxylic acids is 3. The van der Waals surface area contributed by atoms with Crippen molar-refractivity contribution < 1.29 is 28.3 Å². The second-order valence-corrected chi connectivity index (χ2v) is 5.67. The third kappa shape index (κ3) is 2.71. The first kappa shape index (κ1) is 16.3. The molecule has 2 heterocycles. The minimum atomic E-state index is -0.989. The fourth-order valence-corrected chi connectivity index (χ4v) is 2.94. The first-order chi connectivity index (χ1) is 11.4. The van der Waals surface area contributed by atoms with Gasteiger partial charge in [-0.2, -0.15) is 0 Å². The fraction of sp³-hybridized carbons (Fsp3) is 0.400. The van der Waals surface area contributed by atoms with E-state index in [9.17, 15) is 23.2 Å². The van der Waals surface area contributed by atoms with Crippen LogP contribution in [0.15, 0.2) is 18.2 Å². The Morgan fingerprint density at radius 2 is 2.04 bits per heavy atom. The van der Waals surface area contributed by atoms with Gasteiger partial charge >= 0.3 is 0 Å². The molecule has 1 aromatic carbocycles. The summed E-state index contributed by atoms with van der Waals surface area (Å²) >= 11 is 0. The number of rotatable bonds is 2. The number of benzene rings is 1. The molecule has 2 aliphatic heterocycles.